The molecule has 0 amide bonds. The van der Waals surface area contributed by atoms with Crippen LogP contribution in [0, 0.1) is 0 Å². The zero-order valence-corrected chi connectivity index (χ0v) is 11.2. The summed E-state index contributed by atoms with van der Waals surface area (Å²) < 4.78 is 0. The molecule has 1 aromatic rings. The van der Waals surface area contributed by atoms with Crippen molar-refractivity contribution in [3.63, 3.8) is 0 Å². The molecule has 0 saturated carbocycles. The van der Waals surface area contributed by atoms with Gasteiger partial charge >= 0.3 is 0 Å². The number of rotatable bonds is 4. The van der Waals surface area contributed by atoms with E-state index >= 15 is 0 Å². The second-order valence-corrected chi connectivity index (χ2v) is 4.63. The first-order valence-electron chi connectivity index (χ1n) is 6.78. The Morgan fingerprint density at radius 3 is 2.61 bits per heavy atom. The highest BCUT2D eigenvalue weighted by atomic mass is 16.3. The van der Waals surface area contributed by atoms with E-state index in [0.29, 0.717) is 5.75 Å². The van der Waals surface area contributed by atoms with Crippen molar-refractivity contribution in [2.24, 2.45) is 0 Å². The molecule has 0 aromatic heterocycles. The van der Waals surface area contributed by atoms with E-state index in [1.165, 1.54) is 0 Å². The fourth-order valence-electron chi connectivity index (χ4n) is 2.49. The van der Waals surface area contributed by atoms with Crippen molar-refractivity contribution >= 4 is 5.69 Å². The Morgan fingerprint density at radius 1 is 1.28 bits per heavy atom. The molecule has 1 atom stereocenters. The molecule has 0 bridgehead atoms. The van der Waals surface area contributed by atoms with Gasteiger partial charge in [-0.1, -0.05) is 6.07 Å². The Morgan fingerprint density at radius 2 is 2.06 bits per heavy atom. The topological polar surface area (TPSA) is 47.5 Å². The van der Waals surface area contributed by atoms with E-state index in [4.69, 9.17) is 0 Å². The molecule has 0 unspecified atom stereocenters. The van der Waals surface area contributed by atoms with E-state index < -0.39 is 0 Å². The molecule has 4 nitrogen and oxygen atoms in total. The lowest BCUT2D eigenvalue weighted by molar-refractivity contribution is 0.404. The molecule has 1 aliphatic heterocycles. The minimum Gasteiger partial charge on any atom is -0.508 e. The smallest absolute Gasteiger partial charge is 0.122 e. The quantitative estimate of drug-likeness (QED) is 0.756. The normalized spacial score (nSPS) is 19.8. The highest BCUT2D eigenvalue weighted by Crippen LogP contribution is 2.29. The van der Waals surface area contributed by atoms with E-state index in [1.54, 1.807) is 0 Å². The molecule has 0 aliphatic carbocycles. The molecule has 1 saturated heterocycles. The lowest BCUT2D eigenvalue weighted by atomic mass is 10.0. The minimum absolute atomic E-state index is 0.213. The number of phenols is 1. The molecule has 18 heavy (non-hydrogen) atoms. The fourth-order valence-corrected chi connectivity index (χ4v) is 2.49. The summed E-state index contributed by atoms with van der Waals surface area (Å²) in [7, 11) is 0. The third kappa shape index (κ3) is 2.76. The predicted molar refractivity (Wildman–Crippen MR) is 75.3 cm³/mol. The molecular formula is C14H23N3O. The van der Waals surface area contributed by atoms with Crippen LogP contribution in [0.15, 0.2) is 18.2 Å². The number of hydrogen-bond donors (Lipinski definition) is 3. The number of nitrogens with zero attached hydrogens (tertiary/aromatic N) is 1. The average molecular weight is 249 g/mol. The second kappa shape index (κ2) is 6.07. The Bertz CT molecular complexity index is 385. The summed E-state index contributed by atoms with van der Waals surface area (Å²) in [5, 5.41) is 16.9. The molecule has 100 valence electrons. The van der Waals surface area contributed by atoms with Gasteiger partial charge in [0.2, 0.25) is 0 Å². The van der Waals surface area contributed by atoms with Gasteiger partial charge < -0.3 is 20.6 Å². The standard InChI is InChI=1S/C14H23N3O/c1-3-17(4-2)11-5-6-12(14(18)9-11)13-10-15-7-8-16-13/h5-6,9,13,15-16,18H,3-4,7-8,10H2,1-2H3/t13-/m1/s1. The van der Waals surface area contributed by atoms with Crippen LogP contribution in [-0.2, 0) is 0 Å². The van der Waals surface area contributed by atoms with Gasteiger partial charge in [-0.25, -0.2) is 0 Å². The van der Waals surface area contributed by atoms with Crippen LogP contribution < -0.4 is 15.5 Å². The Hall–Kier alpha value is -1.26. The molecule has 1 aliphatic rings. The van der Waals surface area contributed by atoms with Crippen LogP contribution in [0.2, 0.25) is 0 Å². The number of anilines is 1. The first-order chi connectivity index (χ1) is 8.76. The third-order valence-corrected chi connectivity index (χ3v) is 3.56. The van der Waals surface area contributed by atoms with Gasteiger partial charge in [-0.05, 0) is 19.9 Å². The molecular weight excluding hydrogens is 226 g/mol. The Kier molecular flexibility index (Phi) is 4.44. The number of aromatic hydroxyl groups is 1. The lowest BCUT2D eigenvalue weighted by Gasteiger charge is -2.27. The molecule has 4 heteroatoms. The van der Waals surface area contributed by atoms with Crippen LogP contribution in [0.1, 0.15) is 25.5 Å². The summed E-state index contributed by atoms with van der Waals surface area (Å²) in [5.41, 5.74) is 2.07. The average Bonchev–Trinajstić information content (AvgIpc) is 2.41. The van der Waals surface area contributed by atoms with Gasteiger partial charge in [0.1, 0.15) is 5.75 Å². The highest BCUT2D eigenvalue weighted by molar-refractivity contribution is 5.54. The van der Waals surface area contributed by atoms with Crippen molar-refractivity contribution in [1.29, 1.82) is 0 Å². The van der Waals surface area contributed by atoms with Crippen LogP contribution >= 0.6 is 0 Å². The van der Waals surface area contributed by atoms with Gasteiger partial charge in [0.25, 0.3) is 0 Å². The fraction of sp³-hybridized carbons (Fsp3) is 0.571. The number of phenolic OH excluding ortho intramolecular Hbond substituents is 1. The van der Waals surface area contributed by atoms with E-state index in [-0.39, 0.29) is 6.04 Å². The van der Waals surface area contributed by atoms with Crippen molar-refractivity contribution in [2.75, 3.05) is 37.6 Å². The summed E-state index contributed by atoms with van der Waals surface area (Å²) in [4.78, 5) is 2.23. The molecule has 0 spiro atoms. The maximum Gasteiger partial charge on any atom is 0.122 e. The van der Waals surface area contributed by atoms with Crippen molar-refractivity contribution in [3.8, 4) is 5.75 Å². The van der Waals surface area contributed by atoms with Crippen LogP contribution in [-0.4, -0.2) is 37.8 Å². The summed E-state index contributed by atoms with van der Waals surface area (Å²) >= 11 is 0. The van der Waals surface area contributed by atoms with Crippen LogP contribution in [0.5, 0.6) is 5.75 Å². The van der Waals surface area contributed by atoms with Gasteiger partial charge in [0, 0.05) is 56.1 Å². The number of hydrogen-bond acceptors (Lipinski definition) is 4. The summed E-state index contributed by atoms with van der Waals surface area (Å²) in [6, 6.07) is 6.22. The van der Waals surface area contributed by atoms with Crippen molar-refractivity contribution < 1.29 is 5.11 Å². The first kappa shape index (κ1) is 13.2. The minimum atomic E-state index is 0.213. The summed E-state index contributed by atoms with van der Waals surface area (Å²) in [6.45, 7) is 8.98. The Labute approximate surface area is 109 Å². The van der Waals surface area contributed by atoms with Gasteiger partial charge in [-0.2, -0.15) is 0 Å². The zero-order valence-electron chi connectivity index (χ0n) is 11.2. The second-order valence-electron chi connectivity index (χ2n) is 4.63. The van der Waals surface area contributed by atoms with Crippen LogP contribution in [0.4, 0.5) is 5.69 Å². The van der Waals surface area contributed by atoms with Gasteiger partial charge in [-0.15, -0.1) is 0 Å². The Balaban J connectivity index is 2.18. The van der Waals surface area contributed by atoms with Crippen molar-refractivity contribution in [3.05, 3.63) is 23.8 Å². The summed E-state index contributed by atoms with van der Waals surface area (Å²) in [5.74, 6) is 0.389. The largest absolute Gasteiger partial charge is 0.508 e. The predicted octanol–water partition coefficient (Wildman–Crippen LogP) is 1.47. The molecule has 1 heterocycles. The van der Waals surface area contributed by atoms with E-state index in [1.807, 2.05) is 12.1 Å². The molecule has 1 fully saturated rings. The summed E-state index contributed by atoms with van der Waals surface area (Å²) in [6.07, 6.45) is 0. The van der Waals surface area contributed by atoms with Gasteiger partial charge in [0.15, 0.2) is 0 Å². The number of benzene rings is 1. The van der Waals surface area contributed by atoms with Crippen molar-refractivity contribution in [1.82, 2.24) is 10.6 Å². The molecule has 2 rings (SSSR count). The zero-order chi connectivity index (χ0) is 13.0. The number of nitrogens with one attached hydrogen (secondary N) is 2. The third-order valence-electron chi connectivity index (χ3n) is 3.56. The highest BCUT2D eigenvalue weighted by Gasteiger charge is 2.18. The van der Waals surface area contributed by atoms with Crippen molar-refractivity contribution in [2.45, 2.75) is 19.9 Å². The molecule has 1 aromatic carbocycles. The van der Waals surface area contributed by atoms with Crippen LogP contribution in [0.3, 0.4) is 0 Å². The molecule has 0 radical (unpaired) electrons. The van der Waals surface area contributed by atoms with Crippen LogP contribution in [0.25, 0.3) is 0 Å². The maximum atomic E-state index is 10.2. The van der Waals surface area contributed by atoms with E-state index in [0.717, 1.165) is 44.0 Å². The lowest BCUT2D eigenvalue weighted by Crippen LogP contribution is -2.42. The number of piperazine rings is 1. The maximum absolute atomic E-state index is 10.2. The SMILES string of the molecule is CCN(CC)c1ccc([C@H]2CNCCN2)c(O)c1. The molecule has 3 N–H and O–H groups in total. The van der Waals surface area contributed by atoms with Gasteiger partial charge in [0.05, 0.1) is 0 Å². The van der Waals surface area contributed by atoms with E-state index in [9.17, 15) is 5.11 Å². The first-order valence-corrected chi connectivity index (χ1v) is 6.78. The monoisotopic (exact) mass is 249 g/mol. The van der Waals surface area contributed by atoms with E-state index in [2.05, 4.69) is 35.4 Å². The van der Waals surface area contributed by atoms with Gasteiger partial charge in [-0.3, -0.25) is 0 Å².